The maximum absolute atomic E-state index is 13.6. The molecular formula is C21H20F2N4O2. The van der Waals surface area contributed by atoms with Crippen LogP contribution in [-0.4, -0.2) is 19.9 Å². The van der Waals surface area contributed by atoms with Crippen LogP contribution in [0, 0.1) is 11.6 Å². The topological polar surface area (TPSA) is 94.4 Å². The maximum Gasteiger partial charge on any atom is 0.272 e. The summed E-state index contributed by atoms with van der Waals surface area (Å²) in [4.78, 5) is 36.9. The molecule has 2 heterocycles. The number of hydrogen-bond acceptors (Lipinski definition) is 3. The van der Waals surface area contributed by atoms with E-state index in [2.05, 4.69) is 19.9 Å². The Hall–Kier alpha value is -3.55. The Kier molecular flexibility index (Phi) is 5.45. The SMILES string of the molecule is CC(C)(C)c1[nH]cnc1/C=c1\[nH]c(=O)/c(=C/C=C/c2cc(F)ccc2F)[nH]c1=O. The summed E-state index contributed by atoms with van der Waals surface area (Å²) in [5.41, 5.74) is 0.140. The number of imidazole rings is 1. The second-order valence-corrected chi connectivity index (χ2v) is 7.48. The Balaban J connectivity index is 2.01. The fraction of sp³-hybridized carbons (Fsp3) is 0.190. The monoisotopic (exact) mass is 398 g/mol. The zero-order chi connectivity index (χ0) is 21.2. The first-order valence-electron chi connectivity index (χ1n) is 8.87. The van der Waals surface area contributed by atoms with E-state index < -0.39 is 22.8 Å². The summed E-state index contributed by atoms with van der Waals surface area (Å²) in [7, 11) is 0. The van der Waals surface area contributed by atoms with Crippen molar-refractivity contribution in [2.75, 3.05) is 0 Å². The van der Waals surface area contributed by atoms with Gasteiger partial charge in [0.05, 0.1) is 12.0 Å². The van der Waals surface area contributed by atoms with Crippen molar-refractivity contribution in [2.24, 2.45) is 0 Å². The average molecular weight is 398 g/mol. The van der Waals surface area contributed by atoms with Crippen molar-refractivity contribution in [3.8, 4) is 0 Å². The predicted molar refractivity (Wildman–Crippen MR) is 108 cm³/mol. The van der Waals surface area contributed by atoms with E-state index >= 15 is 0 Å². The standard InChI is InChI=1S/C21H20F2N4O2/c1-21(2,3)18-16(24-11-25-18)10-17-20(29)26-15(19(28)27-17)6-4-5-12-9-13(22)7-8-14(12)23/h4-11H,1-3H3,(H,24,25)(H,26,29)(H,27,28)/b5-4+,15-6-,17-10-. The van der Waals surface area contributed by atoms with Crippen LogP contribution in [0.4, 0.5) is 8.78 Å². The summed E-state index contributed by atoms with van der Waals surface area (Å²) in [6, 6.07) is 3.05. The Morgan fingerprint density at radius 2 is 1.72 bits per heavy atom. The molecule has 6 nitrogen and oxygen atoms in total. The minimum Gasteiger partial charge on any atom is -0.348 e. The van der Waals surface area contributed by atoms with Gasteiger partial charge in [0.1, 0.15) is 22.3 Å². The second-order valence-electron chi connectivity index (χ2n) is 7.48. The predicted octanol–water partition coefficient (Wildman–Crippen LogP) is 1.68. The molecule has 0 bridgehead atoms. The Morgan fingerprint density at radius 3 is 2.45 bits per heavy atom. The molecule has 0 radical (unpaired) electrons. The number of hydrogen-bond donors (Lipinski definition) is 3. The summed E-state index contributed by atoms with van der Waals surface area (Å²) in [6.45, 7) is 5.99. The third kappa shape index (κ3) is 4.66. The van der Waals surface area contributed by atoms with Crippen LogP contribution < -0.4 is 21.8 Å². The number of H-pyrrole nitrogens is 3. The number of rotatable bonds is 3. The van der Waals surface area contributed by atoms with E-state index in [-0.39, 0.29) is 21.7 Å². The molecule has 0 saturated heterocycles. The maximum atomic E-state index is 13.6. The van der Waals surface area contributed by atoms with Crippen molar-refractivity contribution >= 4 is 18.2 Å². The van der Waals surface area contributed by atoms with Crippen molar-refractivity contribution < 1.29 is 8.78 Å². The van der Waals surface area contributed by atoms with E-state index in [4.69, 9.17) is 0 Å². The molecule has 0 saturated carbocycles. The largest absolute Gasteiger partial charge is 0.348 e. The van der Waals surface area contributed by atoms with E-state index in [1.54, 1.807) is 0 Å². The minimum absolute atomic E-state index is 0.0155. The highest BCUT2D eigenvalue weighted by Crippen LogP contribution is 2.22. The molecule has 3 aromatic rings. The van der Waals surface area contributed by atoms with E-state index in [1.165, 1.54) is 30.6 Å². The number of benzene rings is 1. The van der Waals surface area contributed by atoms with E-state index in [9.17, 15) is 18.4 Å². The molecule has 3 rings (SSSR count). The summed E-state index contributed by atoms with van der Waals surface area (Å²) >= 11 is 0. The molecule has 8 heteroatoms. The van der Waals surface area contributed by atoms with Crippen LogP contribution in [0.3, 0.4) is 0 Å². The fourth-order valence-electron chi connectivity index (χ4n) is 2.75. The second kappa shape index (κ2) is 7.83. The van der Waals surface area contributed by atoms with Crippen molar-refractivity contribution in [2.45, 2.75) is 26.2 Å². The molecule has 0 spiro atoms. The van der Waals surface area contributed by atoms with Gasteiger partial charge >= 0.3 is 0 Å². The van der Waals surface area contributed by atoms with Gasteiger partial charge in [-0.25, -0.2) is 13.8 Å². The molecule has 2 aromatic heterocycles. The lowest BCUT2D eigenvalue weighted by atomic mass is 9.90. The number of nitrogens with one attached hydrogen (secondary N) is 3. The van der Waals surface area contributed by atoms with Gasteiger partial charge in [-0.2, -0.15) is 0 Å². The van der Waals surface area contributed by atoms with Crippen LogP contribution in [-0.2, 0) is 5.41 Å². The Bertz CT molecular complexity index is 1310. The van der Waals surface area contributed by atoms with Gasteiger partial charge in [-0.15, -0.1) is 0 Å². The normalized spacial score (nSPS) is 13.6. The lowest BCUT2D eigenvalue weighted by Crippen LogP contribution is -2.46. The molecule has 1 aromatic carbocycles. The molecule has 3 N–H and O–H groups in total. The number of allylic oxidation sites excluding steroid dienone is 1. The minimum atomic E-state index is -0.600. The molecule has 0 aliphatic rings. The molecule has 0 atom stereocenters. The molecule has 29 heavy (non-hydrogen) atoms. The van der Waals surface area contributed by atoms with Crippen molar-refractivity contribution in [1.82, 2.24) is 19.9 Å². The summed E-state index contributed by atoms with van der Waals surface area (Å²) in [5.74, 6) is -1.18. The Morgan fingerprint density at radius 1 is 1.03 bits per heavy atom. The van der Waals surface area contributed by atoms with Crippen LogP contribution >= 0.6 is 0 Å². The number of nitrogens with zero attached hydrogens (tertiary/aromatic N) is 1. The van der Waals surface area contributed by atoms with Crippen LogP contribution in [0.1, 0.15) is 37.7 Å². The number of aromatic amines is 3. The van der Waals surface area contributed by atoms with E-state index in [0.29, 0.717) is 5.69 Å². The summed E-state index contributed by atoms with van der Waals surface area (Å²) in [5, 5.41) is 0.0446. The molecule has 0 amide bonds. The first-order chi connectivity index (χ1) is 13.6. The smallest absolute Gasteiger partial charge is 0.272 e. The molecule has 0 unspecified atom stereocenters. The molecular weight excluding hydrogens is 378 g/mol. The van der Waals surface area contributed by atoms with Gasteiger partial charge in [-0.05, 0) is 30.4 Å². The first-order valence-corrected chi connectivity index (χ1v) is 8.87. The third-order valence-electron chi connectivity index (χ3n) is 4.18. The van der Waals surface area contributed by atoms with Crippen LogP contribution in [0.15, 0.2) is 40.2 Å². The average Bonchev–Trinajstić information content (AvgIpc) is 3.10. The first kappa shape index (κ1) is 20.2. The van der Waals surface area contributed by atoms with Gasteiger partial charge in [0.2, 0.25) is 0 Å². The zero-order valence-corrected chi connectivity index (χ0v) is 16.1. The van der Waals surface area contributed by atoms with E-state index in [1.807, 2.05) is 20.8 Å². The van der Waals surface area contributed by atoms with Crippen molar-refractivity contribution in [1.29, 1.82) is 0 Å². The van der Waals surface area contributed by atoms with Gasteiger partial charge in [0.25, 0.3) is 11.1 Å². The molecule has 0 aliphatic heterocycles. The quantitative estimate of drug-likeness (QED) is 0.627. The third-order valence-corrected chi connectivity index (χ3v) is 4.18. The highest BCUT2D eigenvalue weighted by Gasteiger charge is 2.19. The molecule has 0 fully saturated rings. The lowest BCUT2D eigenvalue weighted by Gasteiger charge is -2.16. The zero-order valence-electron chi connectivity index (χ0n) is 16.1. The highest BCUT2D eigenvalue weighted by atomic mass is 19.1. The Labute approximate surface area is 164 Å². The van der Waals surface area contributed by atoms with Crippen LogP contribution in [0.2, 0.25) is 0 Å². The lowest BCUT2D eigenvalue weighted by molar-refractivity contribution is 0.571. The summed E-state index contributed by atoms with van der Waals surface area (Å²) < 4.78 is 26.8. The van der Waals surface area contributed by atoms with Gasteiger partial charge in [-0.1, -0.05) is 32.9 Å². The number of aromatic nitrogens is 4. The van der Waals surface area contributed by atoms with Crippen molar-refractivity contribution in [3.63, 3.8) is 0 Å². The van der Waals surface area contributed by atoms with Gasteiger partial charge in [0, 0.05) is 16.7 Å². The fourth-order valence-corrected chi connectivity index (χ4v) is 2.75. The van der Waals surface area contributed by atoms with Crippen LogP contribution in [0.25, 0.3) is 18.2 Å². The van der Waals surface area contributed by atoms with E-state index in [0.717, 1.165) is 23.9 Å². The summed E-state index contributed by atoms with van der Waals surface area (Å²) in [6.07, 6.45) is 6.99. The van der Waals surface area contributed by atoms with Gasteiger partial charge in [-0.3, -0.25) is 9.59 Å². The molecule has 0 aliphatic carbocycles. The molecule has 150 valence electrons. The highest BCUT2D eigenvalue weighted by molar-refractivity contribution is 5.57. The van der Waals surface area contributed by atoms with Gasteiger partial charge in [0.15, 0.2) is 0 Å². The van der Waals surface area contributed by atoms with Crippen molar-refractivity contribution in [3.05, 3.63) is 90.6 Å². The number of halogens is 2. The van der Waals surface area contributed by atoms with Gasteiger partial charge < -0.3 is 15.0 Å². The van der Waals surface area contributed by atoms with Crippen LogP contribution in [0.5, 0.6) is 0 Å².